The van der Waals surface area contributed by atoms with E-state index in [2.05, 4.69) is 15.3 Å². The molecule has 6 heteroatoms. The van der Waals surface area contributed by atoms with Crippen molar-refractivity contribution in [2.24, 2.45) is 0 Å². The third kappa shape index (κ3) is 3.29. The van der Waals surface area contributed by atoms with Crippen molar-refractivity contribution >= 4 is 28.3 Å². The molecule has 5 nitrogen and oxygen atoms in total. The van der Waals surface area contributed by atoms with Gasteiger partial charge in [-0.15, -0.1) is 11.3 Å². The van der Waals surface area contributed by atoms with Gasteiger partial charge in [0, 0.05) is 16.1 Å². The molecule has 0 aliphatic rings. The summed E-state index contributed by atoms with van der Waals surface area (Å²) in [5.74, 6) is 0.323. The van der Waals surface area contributed by atoms with Crippen LogP contribution in [0, 0.1) is 6.92 Å². The summed E-state index contributed by atoms with van der Waals surface area (Å²) < 4.78 is 5.76. The van der Waals surface area contributed by atoms with Gasteiger partial charge >= 0.3 is 0 Å². The second-order valence-electron chi connectivity index (χ2n) is 5.63. The van der Waals surface area contributed by atoms with E-state index in [1.807, 2.05) is 42.6 Å². The quantitative estimate of drug-likeness (QED) is 0.600. The number of hydrogen-bond acceptors (Lipinski definition) is 5. The molecule has 0 aliphatic carbocycles. The van der Waals surface area contributed by atoms with Crippen molar-refractivity contribution < 1.29 is 9.21 Å². The fourth-order valence-corrected chi connectivity index (χ4v) is 3.17. The highest BCUT2D eigenvalue weighted by molar-refractivity contribution is 7.09. The minimum absolute atomic E-state index is 0.131. The van der Waals surface area contributed by atoms with Gasteiger partial charge in [-0.25, -0.2) is 9.97 Å². The Morgan fingerprint density at radius 3 is 2.88 bits per heavy atom. The Kier molecular flexibility index (Phi) is 4.03. The van der Waals surface area contributed by atoms with Gasteiger partial charge in [0.15, 0.2) is 5.58 Å². The predicted molar refractivity (Wildman–Crippen MR) is 97.5 cm³/mol. The van der Waals surface area contributed by atoms with Crippen LogP contribution >= 0.6 is 11.3 Å². The molecule has 124 valence electrons. The summed E-state index contributed by atoms with van der Waals surface area (Å²) in [5.41, 5.74) is 3.41. The number of aryl methyl sites for hydroxylation is 1. The van der Waals surface area contributed by atoms with Gasteiger partial charge in [0.1, 0.15) is 11.2 Å². The molecule has 4 rings (SSSR count). The number of nitrogens with zero attached hydrogens (tertiary/aromatic N) is 2. The van der Waals surface area contributed by atoms with Crippen LogP contribution in [-0.4, -0.2) is 15.9 Å². The number of rotatable bonds is 4. The first-order chi connectivity index (χ1) is 12.2. The summed E-state index contributed by atoms with van der Waals surface area (Å²) in [6.45, 7) is 2.44. The first kappa shape index (κ1) is 15.5. The Morgan fingerprint density at radius 2 is 2.08 bits per heavy atom. The van der Waals surface area contributed by atoms with Gasteiger partial charge in [-0.2, -0.15) is 0 Å². The molecule has 0 spiro atoms. The van der Waals surface area contributed by atoms with Crippen molar-refractivity contribution in [3.05, 3.63) is 70.0 Å². The van der Waals surface area contributed by atoms with Crippen LogP contribution in [0.4, 0.5) is 0 Å². The molecule has 1 N–H and O–H groups in total. The van der Waals surface area contributed by atoms with Crippen LogP contribution in [0.25, 0.3) is 22.7 Å². The zero-order valence-electron chi connectivity index (χ0n) is 13.5. The average molecular weight is 349 g/mol. The highest BCUT2D eigenvalue weighted by atomic mass is 32.1. The lowest BCUT2D eigenvalue weighted by molar-refractivity contribution is 0.0951. The molecule has 0 aliphatic heterocycles. The van der Waals surface area contributed by atoms with Crippen LogP contribution in [0.5, 0.6) is 0 Å². The molecule has 0 fully saturated rings. The lowest BCUT2D eigenvalue weighted by Gasteiger charge is -2.03. The van der Waals surface area contributed by atoms with Gasteiger partial charge in [0.25, 0.3) is 5.91 Å². The van der Waals surface area contributed by atoms with Crippen molar-refractivity contribution in [3.8, 4) is 11.6 Å². The third-order valence-electron chi connectivity index (χ3n) is 3.76. The number of aromatic nitrogens is 2. The summed E-state index contributed by atoms with van der Waals surface area (Å²) in [6.07, 6.45) is 0. The zero-order valence-corrected chi connectivity index (χ0v) is 14.3. The van der Waals surface area contributed by atoms with Gasteiger partial charge in [0.05, 0.1) is 6.54 Å². The minimum Gasteiger partial charge on any atom is -0.435 e. The second-order valence-corrected chi connectivity index (χ2v) is 6.66. The van der Waals surface area contributed by atoms with Gasteiger partial charge in [-0.3, -0.25) is 4.79 Å². The SMILES string of the molecule is Cc1cccc(-c2nc3cc(C(=O)NCc4cccs4)ccc3o2)n1. The van der Waals surface area contributed by atoms with Crippen LogP contribution < -0.4 is 5.32 Å². The normalized spacial score (nSPS) is 10.9. The molecule has 0 unspecified atom stereocenters. The van der Waals surface area contributed by atoms with E-state index in [0.717, 1.165) is 10.6 Å². The monoisotopic (exact) mass is 349 g/mol. The van der Waals surface area contributed by atoms with E-state index in [9.17, 15) is 4.79 Å². The second kappa shape index (κ2) is 6.49. The van der Waals surface area contributed by atoms with Crippen molar-refractivity contribution in [2.45, 2.75) is 13.5 Å². The first-order valence-corrected chi connectivity index (χ1v) is 8.72. The number of thiophene rings is 1. The van der Waals surface area contributed by atoms with Crippen molar-refractivity contribution in [1.82, 2.24) is 15.3 Å². The Labute approximate surface area is 148 Å². The first-order valence-electron chi connectivity index (χ1n) is 7.84. The standard InChI is InChI=1S/C19H15N3O2S/c1-12-4-2-6-15(21-12)19-22-16-10-13(7-8-17(16)24-19)18(23)20-11-14-5-3-9-25-14/h2-10H,11H2,1H3,(H,20,23). The summed E-state index contributed by atoms with van der Waals surface area (Å²) in [5, 5.41) is 4.90. The molecule has 0 saturated carbocycles. The summed E-state index contributed by atoms with van der Waals surface area (Å²) >= 11 is 1.62. The number of nitrogens with one attached hydrogen (secondary N) is 1. The smallest absolute Gasteiger partial charge is 0.251 e. The molecule has 0 atom stereocenters. The van der Waals surface area contributed by atoms with E-state index in [1.54, 1.807) is 29.5 Å². The molecule has 3 heterocycles. The van der Waals surface area contributed by atoms with Crippen LogP contribution in [0.1, 0.15) is 20.9 Å². The lowest BCUT2D eigenvalue weighted by atomic mass is 10.2. The van der Waals surface area contributed by atoms with Crippen LogP contribution in [0.2, 0.25) is 0 Å². The minimum atomic E-state index is -0.131. The molecule has 0 saturated heterocycles. The third-order valence-corrected chi connectivity index (χ3v) is 4.64. The van der Waals surface area contributed by atoms with Crippen LogP contribution in [0.3, 0.4) is 0 Å². The fraction of sp³-hybridized carbons (Fsp3) is 0.105. The number of hydrogen-bond donors (Lipinski definition) is 1. The number of fused-ring (bicyclic) bond motifs is 1. The molecule has 4 aromatic rings. The molecule has 0 radical (unpaired) electrons. The molecule has 0 bridgehead atoms. The highest BCUT2D eigenvalue weighted by Gasteiger charge is 2.13. The largest absolute Gasteiger partial charge is 0.435 e. The van der Waals surface area contributed by atoms with Crippen LogP contribution in [0.15, 0.2) is 58.3 Å². The number of carbonyl (C=O) groups excluding carboxylic acids is 1. The zero-order chi connectivity index (χ0) is 17.2. The van der Waals surface area contributed by atoms with E-state index in [0.29, 0.717) is 34.8 Å². The maximum atomic E-state index is 12.3. The Balaban J connectivity index is 1.58. The van der Waals surface area contributed by atoms with Gasteiger partial charge in [-0.1, -0.05) is 12.1 Å². The van der Waals surface area contributed by atoms with E-state index < -0.39 is 0 Å². The van der Waals surface area contributed by atoms with Crippen molar-refractivity contribution in [2.75, 3.05) is 0 Å². The van der Waals surface area contributed by atoms with E-state index in [-0.39, 0.29) is 5.91 Å². The number of pyridine rings is 1. The van der Waals surface area contributed by atoms with Gasteiger partial charge in [0.2, 0.25) is 5.89 Å². The average Bonchev–Trinajstić information content (AvgIpc) is 3.28. The Morgan fingerprint density at radius 1 is 1.16 bits per heavy atom. The predicted octanol–water partition coefficient (Wildman–Crippen LogP) is 4.19. The lowest BCUT2D eigenvalue weighted by Crippen LogP contribution is -2.22. The number of amides is 1. The van der Waals surface area contributed by atoms with Gasteiger partial charge < -0.3 is 9.73 Å². The van der Waals surface area contributed by atoms with Crippen molar-refractivity contribution in [3.63, 3.8) is 0 Å². The molecular formula is C19H15N3O2S. The Hall–Kier alpha value is -2.99. The van der Waals surface area contributed by atoms with Crippen molar-refractivity contribution in [1.29, 1.82) is 0 Å². The summed E-state index contributed by atoms with van der Waals surface area (Å²) in [4.78, 5) is 22.3. The fourth-order valence-electron chi connectivity index (χ4n) is 2.52. The number of benzene rings is 1. The molecule has 1 amide bonds. The topological polar surface area (TPSA) is 68.0 Å². The van der Waals surface area contributed by atoms with E-state index >= 15 is 0 Å². The summed E-state index contributed by atoms with van der Waals surface area (Å²) in [7, 11) is 0. The highest BCUT2D eigenvalue weighted by Crippen LogP contribution is 2.24. The molecule has 1 aromatic carbocycles. The van der Waals surface area contributed by atoms with E-state index in [1.165, 1.54) is 0 Å². The maximum absolute atomic E-state index is 12.3. The molecule has 3 aromatic heterocycles. The van der Waals surface area contributed by atoms with E-state index in [4.69, 9.17) is 4.42 Å². The number of oxazole rings is 1. The number of carbonyl (C=O) groups is 1. The molecular weight excluding hydrogens is 334 g/mol. The Bertz CT molecular complexity index is 1040. The van der Waals surface area contributed by atoms with Crippen LogP contribution in [-0.2, 0) is 6.54 Å². The molecule has 25 heavy (non-hydrogen) atoms. The van der Waals surface area contributed by atoms with Gasteiger partial charge in [-0.05, 0) is 48.7 Å². The summed E-state index contributed by atoms with van der Waals surface area (Å²) in [6, 6.07) is 14.9. The maximum Gasteiger partial charge on any atom is 0.251 e.